The number of carbonyl (C=O) groups excluding carboxylic acids is 1. The van der Waals surface area contributed by atoms with E-state index in [0.717, 1.165) is 0 Å². The first kappa shape index (κ1) is 12.7. The van der Waals surface area contributed by atoms with Crippen molar-refractivity contribution in [1.29, 1.82) is 0 Å². The van der Waals surface area contributed by atoms with Gasteiger partial charge in [-0.2, -0.15) is 13.2 Å². The normalized spacial score (nSPS) is 13.3. The maximum absolute atomic E-state index is 11.9. The molecule has 0 unspecified atom stereocenters. The molecule has 0 aliphatic rings. The topological polar surface area (TPSA) is 17.1 Å². The van der Waals surface area contributed by atoms with E-state index in [0.29, 0.717) is 11.9 Å². The van der Waals surface area contributed by atoms with Gasteiger partial charge in [0.2, 0.25) is 0 Å². The Balaban J connectivity index is 4.08. The molecule has 0 amide bonds. The second-order valence-electron chi connectivity index (χ2n) is 2.76. The highest BCUT2D eigenvalue weighted by molar-refractivity contribution is 5.72. The third-order valence-electron chi connectivity index (χ3n) is 1.45. The van der Waals surface area contributed by atoms with Crippen LogP contribution >= 0.6 is 0 Å². The number of hydrogen-bond acceptors (Lipinski definition) is 1. The number of halogens is 3. The summed E-state index contributed by atoms with van der Waals surface area (Å²) in [5, 5.41) is 0. The van der Waals surface area contributed by atoms with Gasteiger partial charge < -0.3 is 0 Å². The van der Waals surface area contributed by atoms with E-state index >= 15 is 0 Å². The Morgan fingerprint density at radius 3 is 2.43 bits per heavy atom. The summed E-state index contributed by atoms with van der Waals surface area (Å²) in [6, 6.07) is 0. The number of allylic oxidation sites excluding steroid dienone is 5. The minimum absolute atomic E-state index is 0.258. The number of carbonyl (C=O) groups is 1. The van der Waals surface area contributed by atoms with Crippen LogP contribution in [0.5, 0.6) is 0 Å². The first-order valence-electron chi connectivity index (χ1n) is 3.91. The molecule has 0 aromatic rings. The van der Waals surface area contributed by atoms with Crippen molar-refractivity contribution in [2.24, 2.45) is 0 Å². The maximum Gasteiger partial charge on any atom is 0.412 e. The Hall–Kier alpha value is -1.32. The Labute approximate surface area is 80.6 Å². The van der Waals surface area contributed by atoms with Crippen LogP contribution in [0.3, 0.4) is 0 Å². The molecule has 0 heterocycles. The lowest BCUT2D eigenvalue weighted by Crippen LogP contribution is -2.09. The molecule has 0 radical (unpaired) electrons. The average Bonchev–Trinajstić information content (AvgIpc) is 2.09. The lowest BCUT2D eigenvalue weighted by atomic mass is 10.2. The zero-order valence-electron chi connectivity index (χ0n) is 7.77. The fourth-order valence-corrected chi connectivity index (χ4v) is 0.585. The number of hydrogen-bond donors (Lipinski definition) is 0. The molecule has 0 N–H and O–H groups in total. The minimum Gasteiger partial charge on any atom is -0.298 e. The number of alkyl halides is 3. The molecular formula is C10H11F3O. The Morgan fingerprint density at radius 2 is 2.00 bits per heavy atom. The smallest absolute Gasteiger partial charge is 0.298 e. The van der Waals surface area contributed by atoms with Gasteiger partial charge in [0.25, 0.3) is 0 Å². The van der Waals surface area contributed by atoms with Crippen molar-refractivity contribution in [3.8, 4) is 0 Å². The van der Waals surface area contributed by atoms with Gasteiger partial charge in [0.15, 0.2) is 0 Å². The molecule has 0 aliphatic carbocycles. The van der Waals surface area contributed by atoms with Crippen molar-refractivity contribution in [3.63, 3.8) is 0 Å². The van der Waals surface area contributed by atoms with Crippen molar-refractivity contribution in [2.75, 3.05) is 0 Å². The van der Waals surface area contributed by atoms with Crippen molar-refractivity contribution in [1.82, 2.24) is 0 Å². The van der Waals surface area contributed by atoms with Crippen molar-refractivity contribution in [2.45, 2.75) is 19.5 Å². The maximum atomic E-state index is 11.9. The quantitative estimate of drug-likeness (QED) is 0.297. The van der Waals surface area contributed by atoms with Crippen LogP contribution in [0.1, 0.15) is 13.3 Å². The second kappa shape index (κ2) is 5.42. The summed E-state index contributed by atoms with van der Waals surface area (Å²) in [7, 11) is 0. The molecule has 0 saturated carbocycles. The molecule has 0 saturated heterocycles. The van der Waals surface area contributed by atoms with E-state index in [1.54, 1.807) is 6.92 Å². The van der Waals surface area contributed by atoms with Crippen LogP contribution in [0.2, 0.25) is 0 Å². The summed E-state index contributed by atoms with van der Waals surface area (Å²) in [5.41, 5.74) is -0.343. The van der Waals surface area contributed by atoms with E-state index in [-0.39, 0.29) is 6.42 Å². The summed E-state index contributed by atoms with van der Waals surface area (Å²) < 4.78 is 35.7. The van der Waals surface area contributed by atoms with Gasteiger partial charge in [0.05, 0.1) is 0 Å². The van der Waals surface area contributed by atoms with E-state index in [2.05, 4.69) is 6.58 Å². The molecule has 1 nitrogen and oxygen atoms in total. The fourth-order valence-electron chi connectivity index (χ4n) is 0.585. The standard InChI is InChI=1S/C10H11F3O/c1-8(7-14)5-3-4-6-9(2)10(11,12)13/h3-5,7H,2,6H2,1H3/b4-3-,8-5+. The third kappa shape index (κ3) is 5.35. The third-order valence-corrected chi connectivity index (χ3v) is 1.45. The monoisotopic (exact) mass is 204 g/mol. The Kier molecular flexibility index (Phi) is 4.91. The van der Waals surface area contributed by atoms with Crippen LogP contribution < -0.4 is 0 Å². The summed E-state index contributed by atoms with van der Waals surface area (Å²) in [4.78, 5) is 10.1. The SMILES string of the molecule is C=C(C/C=C\C=C(/C)C=O)C(F)(F)F. The predicted octanol–water partition coefficient (Wildman–Crippen LogP) is 3.20. The van der Waals surface area contributed by atoms with Gasteiger partial charge in [-0.1, -0.05) is 24.8 Å². The first-order chi connectivity index (χ1) is 6.38. The van der Waals surface area contributed by atoms with E-state index in [1.807, 2.05) is 0 Å². The van der Waals surface area contributed by atoms with Crippen LogP contribution in [0, 0.1) is 0 Å². The van der Waals surface area contributed by atoms with E-state index < -0.39 is 11.7 Å². The molecule has 0 fully saturated rings. The largest absolute Gasteiger partial charge is 0.412 e. The van der Waals surface area contributed by atoms with Gasteiger partial charge in [-0.15, -0.1) is 0 Å². The molecule has 0 spiro atoms. The highest BCUT2D eigenvalue weighted by Gasteiger charge is 2.30. The first-order valence-corrected chi connectivity index (χ1v) is 3.91. The summed E-state index contributed by atoms with van der Waals surface area (Å²) in [6.07, 6.45) is 0.183. The van der Waals surface area contributed by atoms with Gasteiger partial charge in [0.1, 0.15) is 6.29 Å². The lowest BCUT2D eigenvalue weighted by molar-refractivity contribution is -0.104. The molecule has 0 aromatic heterocycles. The highest BCUT2D eigenvalue weighted by atomic mass is 19.4. The van der Waals surface area contributed by atoms with Gasteiger partial charge in [0, 0.05) is 5.57 Å². The minimum atomic E-state index is -4.34. The van der Waals surface area contributed by atoms with Crippen LogP contribution in [0.4, 0.5) is 13.2 Å². The predicted molar refractivity (Wildman–Crippen MR) is 48.8 cm³/mol. The van der Waals surface area contributed by atoms with Crippen molar-refractivity contribution >= 4 is 6.29 Å². The molecule has 78 valence electrons. The van der Waals surface area contributed by atoms with Gasteiger partial charge in [-0.3, -0.25) is 4.79 Å². The van der Waals surface area contributed by atoms with Crippen LogP contribution in [0.15, 0.2) is 36.0 Å². The lowest BCUT2D eigenvalue weighted by Gasteiger charge is -2.06. The van der Waals surface area contributed by atoms with E-state index in [9.17, 15) is 18.0 Å². The number of rotatable bonds is 4. The zero-order valence-corrected chi connectivity index (χ0v) is 7.77. The average molecular weight is 204 g/mol. The molecule has 0 atom stereocenters. The summed E-state index contributed by atoms with van der Waals surface area (Å²) >= 11 is 0. The second-order valence-corrected chi connectivity index (χ2v) is 2.76. The van der Waals surface area contributed by atoms with Gasteiger partial charge in [-0.05, 0) is 18.9 Å². The van der Waals surface area contributed by atoms with Crippen LogP contribution in [0.25, 0.3) is 0 Å². The fraction of sp³-hybridized carbons (Fsp3) is 0.300. The van der Waals surface area contributed by atoms with Crippen molar-refractivity contribution in [3.05, 3.63) is 36.0 Å². The Bertz CT molecular complexity index is 272. The highest BCUT2D eigenvalue weighted by Crippen LogP contribution is 2.26. The van der Waals surface area contributed by atoms with Crippen molar-refractivity contribution < 1.29 is 18.0 Å². The molecule has 0 rings (SSSR count). The molecular weight excluding hydrogens is 193 g/mol. The molecule has 14 heavy (non-hydrogen) atoms. The number of aldehydes is 1. The molecule has 0 aliphatic heterocycles. The summed E-state index contributed by atoms with van der Waals surface area (Å²) in [5.74, 6) is 0. The van der Waals surface area contributed by atoms with Crippen LogP contribution in [-0.4, -0.2) is 12.5 Å². The molecule has 0 bridgehead atoms. The molecule has 4 heteroatoms. The van der Waals surface area contributed by atoms with E-state index in [4.69, 9.17) is 0 Å². The van der Waals surface area contributed by atoms with Gasteiger partial charge in [-0.25, -0.2) is 0 Å². The Morgan fingerprint density at radius 1 is 1.43 bits per heavy atom. The van der Waals surface area contributed by atoms with Gasteiger partial charge >= 0.3 is 6.18 Å². The molecule has 0 aromatic carbocycles. The summed E-state index contributed by atoms with van der Waals surface area (Å²) in [6.45, 7) is 4.46. The van der Waals surface area contributed by atoms with E-state index in [1.165, 1.54) is 18.2 Å². The van der Waals surface area contributed by atoms with Crippen LogP contribution in [-0.2, 0) is 4.79 Å². The zero-order chi connectivity index (χ0) is 11.2.